The molecule has 88 valence electrons. The summed E-state index contributed by atoms with van der Waals surface area (Å²) < 4.78 is 0. The van der Waals surface area contributed by atoms with Crippen molar-refractivity contribution in [2.45, 2.75) is 43.3 Å². The molecular formula is C14H22SSi. The number of thioether (sulfide) groups is 1. The molecule has 0 aliphatic rings. The SMILES string of the molecule is CC(C)=CC(Sc1ccccc1)[Si](C)(C)C. The van der Waals surface area contributed by atoms with Gasteiger partial charge in [0.2, 0.25) is 0 Å². The minimum absolute atomic E-state index is 0.667. The lowest BCUT2D eigenvalue weighted by atomic mass is 10.3. The minimum Gasteiger partial charge on any atom is -0.122 e. The largest absolute Gasteiger partial charge is 0.122 e. The first-order valence-corrected chi connectivity index (χ1v) is 10.2. The van der Waals surface area contributed by atoms with Crippen molar-refractivity contribution in [3.8, 4) is 0 Å². The van der Waals surface area contributed by atoms with Gasteiger partial charge in [-0.1, -0.05) is 49.5 Å². The molecule has 0 heterocycles. The first kappa shape index (κ1) is 13.6. The number of allylic oxidation sites excluding steroid dienone is 1. The van der Waals surface area contributed by atoms with Crippen LogP contribution in [0.15, 0.2) is 46.9 Å². The van der Waals surface area contributed by atoms with Crippen molar-refractivity contribution in [1.82, 2.24) is 0 Å². The molecule has 0 fully saturated rings. The highest BCUT2D eigenvalue weighted by molar-refractivity contribution is 8.01. The fourth-order valence-corrected chi connectivity index (χ4v) is 5.01. The molecule has 2 heteroatoms. The van der Waals surface area contributed by atoms with Gasteiger partial charge in [0.25, 0.3) is 0 Å². The van der Waals surface area contributed by atoms with Crippen LogP contribution in [0.3, 0.4) is 0 Å². The summed E-state index contributed by atoms with van der Waals surface area (Å²) in [6.45, 7) is 11.7. The van der Waals surface area contributed by atoms with Gasteiger partial charge in [0.15, 0.2) is 0 Å². The van der Waals surface area contributed by atoms with E-state index in [0.29, 0.717) is 4.87 Å². The molecule has 0 spiro atoms. The lowest BCUT2D eigenvalue weighted by Gasteiger charge is -2.26. The quantitative estimate of drug-likeness (QED) is 0.412. The van der Waals surface area contributed by atoms with Gasteiger partial charge in [0.1, 0.15) is 0 Å². The van der Waals surface area contributed by atoms with Crippen molar-refractivity contribution >= 4 is 19.8 Å². The minimum atomic E-state index is -1.15. The lowest BCUT2D eigenvalue weighted by Crippen LogP contribution is -2.34. The van der Waals surface area contributed by atoms with Crippen LogP contribution in [-0.2, 0) is 0 Å². The molecule has 0 bridgehead atoms. The van der Waals surface area contributed by atoms with Crippen LogP contribution in [0, 0.1) is 0 Å². The highest BCUT2D eigenvalue weighted by Gasteiger charge is 2.25. The maximum Gasteiger partial charge on any atom is 0.0639 e. The topological polar surface area (TPSA) is 0 Å². The van der Waals surface area contributed by atoms with Crippen molar-refractivity contribution in [3.63, 3.8) is 0 Å². The Labute approximate surface area is 105 Å². The highest BCUT2D eigenvalue weighted by Crippen LogP contribution is 2.31. The second-order valence-corrected chi connectivity index (χ2v) is 12.4. The number of rotatable bonds is 4. The average Bonchev–Trinajstić information content (AvgIpc) is 2.16. The van der Waals surface area contributed by atoms with Crippen LogP contribution in [0.1, 0.15) is 13.8 Å². The summed E-state index contributed by atoms with van der Waals surface area (Å²) >= 11 is 2.01. The maximum atomic E-state index is 2.44. The second kappa shape index (κ2) is 5.74. The standard InChI is InChI=1S/C14H22SSi/c1-12(2)11-14(16(3,4)5)15-13-9-7-6-8-10-13/h6-11,14H,1-5H3. The number of hydrogen-bond acceptors (Lipinski definition) is 1. The Morgan fingerprint density at radius 2 is 1.69 bits per heavy atom. The smallest absolute Gasteiger partial charge is 0.0639 e. The summed E-state index contributed by atoms with van der Waals surface area (Å²) in [4.78, 5) is 2.05. The summed E-state index contributed by atoms with van der Waals surface area (Å²) in [6, 6.07) is 10.7. The maximum absolute atomic E-state index is 2.44. The normalized spacial score (nSPS) is 13.3. The molecule has 0 nitrogen and oxygen atoms in total. The van der Waals surface area contributed by atoms with Crippen molar-refractivity contribution in [1.29, 1.82) is 0 Å². The Kier molecular flexibility index (Phi) is 4.87. The molecule has 1 aromatic carbocycles. The Morgan fingerprint density at radius 3 is 2.12 bits per heavy atom. The van der Waals surface area contributed by atoms with E-state index in [1.807, 2.05) is 11.8 Å². The van der Waals surface area contributed by atoms with Gasteiger partial charge in [0, 0.05) is 9.77 Å². The monoisotopic (exact) mass is 250 g/mol. The molecule has 0 aliphatic carbocycles. The first-order valence-electron chi connectivity index (χ1n) is 5.76. The summed E-state index contributed by atoms with van der Waals surface area (Å²) in [5.41, 5.74) is 1.43. The Hall–Kier alpha value is -0.473. The van der Waals surface area contributed by atoms with Crippen LogP contribution < -0.4 is 0 Å². The molecule has 0 aliphatic heterocycles. The van der Waals surface area contributed by atoms with Crippen LogP contribution in [0.2, 0.25) is 19.6 Å². The van der Waals surface area contributed by atoms with Crippen molar-refractivity contribution < 1.29 is 0 Å². The molecule has 0 saturated carbocycles. The van der Waals surface area contributed by atoms with Crippen LogP contribution in [-0.4, -0.2) is 12.9 Å². The molecule has 0 N–H and O–H groups in total. The van der Waals surface area contributed by atoms with Crippen molar-refractivity contribution in [2.24, 2.45) is 0 Å². The number of hydrogen-bond donors (Lipinski definition) is 0. The van der Waals surface area contributed by atoms with Gasteiger partial charge in [0.05, 0.1) is 8.07 Å². The van der Waals surface area contributed by atoms with Crippen molar-refractivity contribution in [2.75, 3.05) is 0 Å². The fraction of sp³-hybridized carbons (Fsp3) is 0.429. The van der Waals surface area contributed by atoms with E-state index in [2.05, 4.69) is 69.9 Å². The third kappa shape index (κ3) is 4.58. The second-order valence-electron chi connectivity index (χ2n) is 5.46. The van der Waals surface area contributed by atoms with Gasteiger partial charge in [-0.2, -0.15) is 0 Å². The molecule has 1 atom stereocenters. The van der Waals surface area contributed by atoms with E-state index in [0.717, 1.165) is 0 Å². The van der Waals surface area contributed by atoms with Gasteiger partial charge < -0.3 is 0 Å². The molecule has 1 unspecified atom stereocenters. The van der Waals surface area contributed by atoms with E-state index < -0.39 is 8.07 Å². The number of benzene rings is 1. The molecule has 0 radical (unpaired) electrons. The Morgan fingerprint density at radius 1 is 1.12 bits per heavy atom. The van der Waals surface area contributed by atoms with Crippen LogP contribution >= 0.6 is 11.8 Å². The van der Waals surface area contributed by atoms with Gasteiger partial charge in [-0.15, -0.1) is 11.8 Å². The van der Waals surface area contributed by atoms with Gasteiger partial charge in [-0.05, 0) is 26.0 Å². The molecule has 16 heavy (non-hydrogen) atoms. The van der Waals surface area contributed by atoms with E-state index in [9.17, 15) is 0 Å². The summed E-state index contributed by atoms with van der Waals surface area (Å²) in [5.74, 6) is 0. The van der Waals surface area contributed by atoms with Crippen molar-refractivity contribution in [3.05, 3.63) is 42.0 Å². The van der Waals surface area contributed by atoms with E-state index in [4.69, 9.17) is 0 Å². The van der Waals surface area contributed by atoms with E-state index in [1.54, 1.807) is 0 Å². The van der Waals surface area contributed by atoms with E-state index in [-0.39, 0.29) is 0 Å². The molecule has 1 aromatic rings. The third-order valence-corrected chi connectivity index (χ3v) is 7.63. The summed E-state index contributed by atoms with van der Waals surface area (Å²) in [6.07, 6.45) is 2.43. The lowest BCUT2D eigenvalue weighted by molar-refractivity contribution is 1.30. The van der Waals surface area contributed by atoms with Crippen LogP contribution in [0.5, 0.6) is 0 Å². The molecule has 0 saturated heterocycles. The average molecular weight is 250 g/mol. The Balaban J connectivity index is 2.84. The van der Waals surface area contributed by atoms with Crippen LogP contribution in [0.25, 0.3) is 0 Å². The van der Waals surface area contributed by atoms with Crippen LogP contribution in [0.4, 0.5) is 0 Å². The van der Waals surface area contributed by atoms with Gasteiger partial charge in [-0.25, -0.2) is 0 Å². The molecular weight excluding hydrogens is 228 g/mol. The van der Waals surface area contributed by atoms with Gasteiger partial charge in [-0.3, -0.25) is 0 Å². The zero-order valence-electron chi connectivity index (χ0n) is 10.9. The Bertz CT molecular complexity index is 345. The molecule has 1 rings (SSSR count). The summed E-state index contributed by atoms with van der Waals surface area (Å²) in [5, 5.41) is 0. The zero-order chi connectivity index (χ0) is 12.2. The predicted octanol–water partition coefficient (Wildman–Crippen LogP) is 4.99. The predicted molar refractivity (Wildman–Crippen MR) is 78.9 cm³/mol. The van der Waals surface area contributed by atoms with E-state index in [1.165, 1.54) is 10.5 Å². The molecule has 0 aromatic heterocycles. The van der Waals surface area contributed by atoms with Gasteiger partial charge >= 0.3 is 0 Å². The fourth-order valence-electron chi connectivity index (χ4n) is 1.41. The van der Waals surface area contributed by atoms with E-state index >= 15 is 0 Å². The zero-order valence-corrected chi connectivity index (χ0v) is 12.8. The molecule has 0 amide bonds. The third-order valence-electron chi connectivity index (χ3n) is 2.34. The summed E-state index contributed by atoms with van der Waals surface area (Å²) in [7, 11) is -1.15. The first-order chi connectivity index (χ1) is 7.39. The highest BCUT2D eigenvalue weighted by atomic mass is 32.2.